The summed E-state index contributed by atoms with van der Waals surface area (Å²) >= 11 is 6.72. The van der Waals surface area contributed by atoms with Crippen molar-refractivity contribution in [3.63, 3.8) is 0 Å². The van der Waals surface area contributed by atoms with Crippen LogP contribution in [-0.2, 0) is 9.53 Å². The molecular weight excluding hydrogens is 368 g/mol. The predicted octanol–water partition coefficient (Wildman–Crippen LogP) is 3.13. The SMILES string of the molecule is CCOC(=O)N1CC(=O)Nc2cc(Br)c(Br)cc21. The van der Waals surface area contributed by atoms with E-state index in [9.17, 15) is 9.59 Å². The first-order valence-electron chi connectivity index (χ1n) is 5.26. The first-order chi connectivity index (χ1) is 8.52. The number of rotatable bonds is 1. The van der Waals surface area contributed by atoms with E-state index in [4.69, 9.17) is 4.74 Å². The topological polar surface area (TPSA) is 58.6 Å². The van der Waals surface area contributed by atoms with Gasteiger partial charge in [-0.3, -0.25) is 9.69 Å². The zero-order valence-electron chi connectivity index (χ0n) is 9.50. The van der Waals surface area contributed by atoms with Crippen molar-refractivity contribution < 1.29 is 14.3 Å². The number of hydrogen-bond donors (Lipinski definition) is 1. The third kappa shape index (κ3) is 2.51. The molecule has 0 saturated carbocycles. The Labute approximate surface area is 121 Å². The predicted molar refractivity (Wildman–Crippen MR) is 74.8 cm³/mol. The van der Waals surface area contributed by atoms with Gasteiger partial charge < -0.3 is 10.1 Å². The molecule has 7 heteroatoms. The number of carbonyl (C=O) groups is 2. The van der Waals surface area contributed by atoms with Crippen LogP contribution in [0, 0.1) is 0 Å². The third-order valence-corrected chi connectivity index (χ3v) is 4.24. The number of halogens is 2. The molecule has 0 aliphatic carbocycles. The molecule has 18 heavy (non-hydrogen) atoms. The molecule has 2 rings (SSSR count). The van der Waals surface area contributed by atoms with E-state index in [2.05, 4.69) is 37.2 Å². The van der Waals surface area contributed by atoms with Gasteiger partial charge in [0.25, 0.3) is 0 Å². The van der Waals surface area contributed by atoms with Gasteiger partial charge in [-0.25, -0.2) is 4.79 Å². The van der Waals surface area contributed by atoms with Gasteiger partial charge in [-0.05, 0) is 50.9 Å². The first kappa shape index (κ1) is 13.4. The molecule has 1 aliphatic heterocycles. The molecule has 0 radical (unpaired) electrons. The standard InChI is InChI=1S/C11H10Br2N2O3/c1-2-18-11(17)15-5-10(16)14-8-3-6(12)7(13)4-9(8)15/h3-4H,2,5H2,1H3,(H,14,16). The van der Waals surface area contributed by atoms with Gasteiger partial charge in [0.1, 0.15) is 6.54 Å². The van der Waals surface area contributed by atoms with Gasteiger partial charge in [-0.15, -0.1) is 0 Å². The van der Waals surface area contributed by atoms with Crippen LogP contribution in [0.5, 0.6) is 0 Å². The maximum absolute atomic E-state index is 11.8. The van der Waals surface area contributed by atoms with Crippen molar-refractivity contribution in [1.29, 1.82) is 0 Å². The van der Waals surface area contributed by atoms with Crippen LogP contribution in [0.3, 0.4) is 0 Å². The highest BCUT2D eigenvalue weighted by Gasteiger charge is 2.28. The summed E-state index contributed by atoms with van der Waals surface area (Å²) in [5.41, 5.74) is 1.19. The molecule has 5 nitrogen and oxygen atoms in total. The molecule has 1 aromatic carbocycles. The largest absolute Gasteiger partial charge is 0.449 e. The summed E-state index contributed by atoms with van der Waals surface area (Å²) in [4.78, 5) is 24.7. The van der Waals surface area contributed by atoms with E-state index >= 15 is 0 Å². The Morgan fingerprint density at radius 2 is 2.11 bits per heavy atom. The maximum atomic E-state index is 11.8. The molecule has 0 atom stereocenters. The molecule has 2 amide bonds. The van der Waals surface area contributed by atoms with Gasteiger partial charge in [0, 0.05) is 8.95 Å². The molecule has 0 saturated heterocycles. The molecule has 1 aromatic rings. The van der Waals surface area contributed by atoms with Gasteiger partial charge in [-0.2, -0.15) is 0 Å². The van der Waals surface area contributed by atoms with Crippen molar-refractivity contribution in [1.82, 2.24) is 0 Å². The highest BCUT2D eigenvalue weighted by atomic mass is 79.9. The molecule has 1 aliphatic rings. The number of hydrogen-bond acceptors (Lipinski definition) is 3. The van der Waals surface area contributed by atoms with Crippen molar-refractivity contribution in [2.45, 2.75) is 6.92 Å². The van der Waals surface area contributed by atoms with Crippen LogP contribution < -0.4 is 10.2 Å². The lowest BCUT2D eigenvalue weighted by Crippen LogP contribution is -2.42. The minimum Gasteiger partial charge on any atom is -0.449 e. The maximum Gasteiger partial charge on any atom is 0.414 e. The van der Waals surface area contributed by atoms with E-state index in [1.165, 1.54) is 4.90 Å². The molecule has 1 heterocycles. The summed E-state index contributed by atoms with van der Waals surface area (Å²) in [7, 11) is 0. The lowest BCUT2D eigenvalue weighted by atomic mass is 10.2. The summed E-state index contributed by atoms with van der Waals surface area (Å²) in [6.07, 6.45) is -0.525. The van der Waals surface area contributed by atoms with Gasteiger partial charge in [-0.1, -0.05) is 0 Å². The minimum atomic E-state index is -0.525. The molecule has 0 bridgehead atoms. The Kier molecular flexibility index (Phi) is 3.91. The summed E-state index contributed by atoms with van der Waals surface area (Å²) in [6, 6.07) is 3.50. The number of amides is 2. The van der Waals surface area contributed by atoms with Crippen molar-refractivity contribution >= 4 is 55.2 Å². The quantitative estimate of drug-likeness (QED) is 0.817. The van der Waals surface area contributed by atoms with Crippen molar-refractivity contribution in [2.75, 3.05) is 23.4 Å². The second kappa shape index (κ2) is 5.27. The number of nitrogens with one attached hydrogen (secondary N) is 1. The Balaban J connectivity index is 2.44. The number of nitrogens with zero attached hydrogens (tertiary/aromatic N) is 1. The van der Waals surface area contributed by atoms with Crippen molar-refractivity contribution in [3.05, 3.63) is 21.1 Å². The number of carbonyl (C=O) groups excluding carboxylic acids is 2. The Morgan fingerprint density at radius 3 is 2.78 bits per heavy atom. The van der Waals surface area contributed by atoms with Crippen molar-refractivity contribution in [3.8, 4) is 0 Å². The average Bonchev–Trinajstić information content (AvgIpc) is 2.30. The van der Waals surface area contributed by atoms with Crippen LogP contribution in [0.15, 0.2) is 21.1 Å². The van der Waals surface area contributed by atoms with Crippen LogP contribution in [-0.4, -0.2) is 25.2 Å². The highest BCUT2D eigenvalue weighted by molar-refractivity contribution is 9.13. The fourth-order valence-corrected chi connectivity index (χ4v) is 2.32. The van der Waals surface area contributed by atoms with Gasteiger partial charge in [0.2, 0.25) is 5.91 Å². The molecule has 1 N–H and O–H groups in total. The summed E-state index contributed by atoms with van der Waals surface area (Å²) in [6.45, 7) is 1.95. The second-order valence-electron chi connectivity index (χ2n) is 3.62. The van der Waals surface area contributed by atoms with E-state index in [1.807, 2.05) is 0 Å². The van der Waals surface area contributed by atoms with Gasteiger partial charge >= 0.3 is 6.09 Å². The number of fused-ring (bicyclic) bond motifs is 1. The smallest absolute Gasteiger partial charge is 0.414 e. The number of benzene rings is 1. The molecule has 0 spiro atoms. The fourth-order valence-electron chi connectivity index (χ4n) is 1.64. The zero-order valence-corrected chi connectivity index (χ0v) is 12.7. The van der Waals surface area contributed by atoms with E-state index in [1.54, 1.807) is 19.1 Å². The van der Waals surface area contributed by atoms with Crippen LogP contribution in [0.4, 0.5) is 16.2 Å². The van der Waals surface area contributed by atoms with E-state index < -0.39 is 6.09 Å². The Hall–Kier alpha value is -1.08. The minimum absolute atomic E-state index is 0.0418. The highest BCUT2D eigenvalue weighted by Crippen LogP contribution is 2.37. The summed E-state index contributed by atoms with van der Waals surface area (Å²) < 4.78 is 6.53. The summed E-state index contributed by atoms with van der Waals surface area (Å²) in [5, 5.41) is 2.72. The Bertz CT molecular complexity index is 519. The monoisotopic (exact) mass is 376 g/mol. The average molecular weight is 378 g/mol. The lowest BCUT2D eigenvalue weighted by molar-refractivity contribution is -0.115. The van der Waals surface area contributed by atoms with Gasteiger partial charge in [0.15, 0.2) is 0 Å². The number of ether oxygens (including phenoxy) is 1. The molecule has 0 fully saturated rings. The first-order valence-corrected chi connectivity index (χ1v) is 6.84. The van der Waals surface area contributed by atoms with Crippen molar-refractivity contribution in [2.24, 2.45) is 0 Å². The molecule has 96 valence electrons. The second-order valence-corrected chi connectivity index (χ2v) is 5.33. The summed E-state index contributed by atoms with van der Waals surface area (Å²) in [5.74, 6) is -0.246. The molecule has 0 unspecified atom stereocenters. The lowest BCUT2D eigenvalue weighted by Gasteiger charge is -2.28. The van der Waals surface area contributed by atoms with E-state index in [0.29, 0.717) is 11.4 Å². The van der Waals surface area contributed by atoms with E-state index in [-0.39, 0.29) is 19.1 Å². The number of anilines is 2. The van der Waals surface area contributed by atoms with Crippen LogP contribution in [0.1, 0.15) is 6.92 Å². The Morgan fingerprint density at radius 1 is 1.44 bits per heavy atom. The van der Waals surface area contributed by atoms with E-state index in [0.717, 1.165) is 8.95 Å². The normalized spacial score (nSPS) is 13.9. The van der Waals surface area contributed by atoms with Gasteiger partial charge in [0.05, 0.1) is 18.0 Å². The molecular formula is C11H10Br2N2O3. The zero-order chi connectivity index (χ0) is 13.3. The van der Waals surface area contributed by atoms with Crippen LogP contribution >= 0.6 is 31.9 Å². The van der Waals surface area contributed by atoms with Crippen LogP contribution in [0.2, 0.25) is 0 Å². The third-order valence-electron chi connectivity index (χ3n) is 2.39. The fraction of sp³-hybridized carbons (Fsp3) is 0.273. The van der Waals surface area contributed by atoms with Crippen LogP contribution in [0.25, 0.3) is 0 Å². The molecule has 0 aromatic heterocycles.